The number of aliphatic hydroxyl groups excluding tert-OH is 1. The van der Waals surface area contributed by atoms with Gasteiger partial charge in [-0.2, -0.15) is 4.98 Å². The summed E-state index contributed by atoms with van der Waals surface area (Å²) in [5.74, 6) is 1.98. The average molecular weight is 329 g/mol. The van der Waals surface area contributed by atoms with Crippen LogP contribution in [0.5, 0.6) is 5.75 Å². The zero-order valence-corrected chi connectivity index (χ0v) is 13.2. The fraction of sp³-hybridized carbons (Fsp3) is 0.267. The molecule has 0 saturated heterocycles. The van der Waals surface area contributed by atoms with Crippen LogP contribution in [0, 0.1) is 6.92 Å². The number of nitrogens with zero attached hydrogens (tertiary/aromatic N) is 3. The van der Waals surface area contributed by atoms with E-state index in [1.54, 1.807) is 6.92 Å². The molecule has 1 unspecified atom stereocenters. The van der Waals surface area contributed by atoms with Gasteiger partial charge in [0.1, 0.15) is 22.3 Å². The summed E-state index contributed by atoms with van der Waals surface area (Å²) in [5, 5.41) is 22.4. The van der Waals surface area contributed by atoms with E-state index >= 15 is 0 Å². The third-order valence-corrected chi connectivity index (χ3v) is 4.51. The van der Waals surface area contributed by atoms with Crippen LogP contribution in [0.1, 0.15) is 23.3 Å². The zero-order valence-electron chi connectivity index (χ0n) is 12.4. The summed E-state index contributed by atoms with van der Waals surface area (Å²) in [4.78, 5) is 8.61. The monoisotopic (exact) mass is 329 g/mol. The lowest BCUT2D eigenvalue weighted by atomic mass is 10.1. The van der Waals surface area contributed by atoms with Crippen molar-refractivity contribution in [1.82, 2.24) is 20.2 Å². The minimum Gasteiger partial charge on any atom is -0.493 e. The molecule has 3 N–H and O–H groups in total. The van der Waals surface area contributed by atoms with Crippen molar-refractivity contribution in [2.45, 2.75) is 19.6 Å². The highest BCUT2D eigenvalue weighted by atomic mass is 32.1. The third-order valence-electron chi connectivity index (χ3n) is 3.60. The van der Waals surface area contributed by atoms with E-state index < -0.39 is 6.23 Å². The van der Waals surface area contributed by atoms with Crippen LogP contribution in [0.25, 0.3) is 10.6 Å². The van der Waals surface area contributed by atoms with Crippen LogP contribution < -0.4 is 10.1 Å². The predicted octanol–water partition coefficient (Wildman–Crippen LogP) is 2.27. The molecule has 118 valence electrons. The zero-order chi connectivity index (χ0) is 15.8. The van der Waals surface area contributed by atoms with E-state index in [-0.39, 0.29) is 0 Å². The average Bonchev–Trinajstić information content (AvgIpc) is 3.26. The van der Waals surface area contributed by atoms with E-state index in [0.717, 1.165) is 29.3 Å². The summed E-state index contributed by atoms with van der Waals surface area (Å²) < 4.78 is 5.52. The van der Waals surface area contributed by atoms with Crippen LogP contribution in [-0.4, -0.2) is 31.9 Å². The maximum absolute atomic E-state index is 10.2. The number of anilines is 1. The topological polar surface area (TPSA) is 96.0 Å². The van der Waals surface area contributed by atoms with Gasteiger partial charge in [-0.3, -0.25) is 5.10 Å². The van der Waals surface area contributed by atoms with Crippen molar-refractivity contribution >= 4 is 17.3 Å². The van der Waals surface area contributed by atoms with Gasteiger partial charge in [-0.05, 0) is 30.7 Å². The Kier molecular flexibility index (Phi) is 3.47. The molecular weight excluding hydrogens is 314 g/mol. The van der Waals surface area contributed by atoms with Crippen molar-refractivity contribution in [2.75, 3.05) is 11.9 Å². The van der Waals surface area contributed by atoms with E-state index in [2.05, 4.69) is 31.5 Å². The molecule has 4 rings (SSSR count). The van der Waals surface area contributed by atoms with Crippen LogP contribution in [0.15, 0.2) is 23.6 Å². The first-order valence-corrected chi connectivity index (χ1v) is 8.12. The highest BCUT2D eigenvalue weighted by molar-refractivity contribution is 7.13. The van der Waals surface area contributed by atoms with Crippen molar-refractivity contribution in [1.29, 1.82) is 0 Å². The molecule has 1 aromatic carbocycles. The number of thiazole rings is 1. The van der Waals surface area contributed by atoms with Crippen molar-refractivity contribution in [3.63, 3.8) is 0 Å². The second-order valence-corrected chi connectivity index (χ2v) is 6.15. The Morgan fingerprint density at radius 2 is 2.30 bits per heavy atom. The molecule has 1 aliphatic rings. The van der Waals surface area contributed by atoms with Gasteiger partial charge in [0.15, 0.2) is 6.23 Å². The van der Waals surface area contributed by atoms with Crippen LogP contribution in [-0.2, 0) is 6.42 Å². The van der Waals surface area contributed by atoms with Gasteiger partial charge in [-0.25, -0.2) is 4.98 Å². The van der Waals surface area contributed by atoms with E-state index in [4.69, 9.17) is 4.74 Å². The Morgan fingerprint density at radius 3 is 3.13 bits per heavy atom. The SMILES string of the molecule is Cc1nc(NC(O)c2csc(-c3ccc4c(c3)CCO4)n2)n[nH]1. The number of fused-ring (bicyclic) bond motifs is 1. The predicted molar refractivity (Wildman–Crippen MR) is 86.5 cm³/mol. The van der Waals surface area contributed by atoms with Gasteiger partial charge < -0.3 is 15.2 Å². The molecule has 0 amide bonds. The highest BCUT2D eigenvalue weighted by Gasteiger charge is 2.17. The van der Waals surface area contributed by atoms with Crippen LogP contribution >= 0.6 is 11.3 Å². The number of aromatic nitrogens is 4. The molecule has 0 aliphatic carbocycles. The maximum atomic E-state index is 10.2. The van der Waals surface area contributed by atoms with Gasteiger partial charge in [0, 0.05) is 17.4 Å². The second-order valence-electron chi connectivity index (χ2n) is 5.29. The first-order chi connectivity index (χ1) is 11.2. The summed E-state index contributed by atoms with van der Waals surface area (Å²) in [6.45, 7) is 2.53. The van der Waals surface area contributed by atoms with Gasteiger partial charge in [0.2, 0.25) is 5.95 Å². The van der Waals surface area contributed by atoms with Gasteiger partial charge in [-0.15, -0.1) is 16.4 Å². The molecule has 2 aromatic heterocycles. The van der Waals surface area contributed by atoms with Crippen molar-refractivity contribution < 1.29 is 9.84 Å². The number of hydrogen-bond donors (Lipinski definition) is 3. The van der Waals surface area contributed by atoms with E-state index in [9.17, 15) is 5.11 Å². The number of ether oxygens (including phenoxy) is 1. The molecule has 0 radical (unpaired) electrons. The Labute approximate surface area is 136 Å². The first-order valence-electron chi connectivity index (χ1n) is 7.24. The normalized spacial score (nSPS) is 14.3. The minimum absolute atomic E-state index is 0.347. The molecule has 1 atom stereocenters. The smallest absolute Gasteiger partial charge is 0.244 e. The van der Waals surface area contributed by atoms with Gasteiger partial charge in [0.05, 0.1) is 6.61 Å². The number of benzene rings is 1. The summed E-state index contributed by atoms with van der Waals surface area (Å²) in [6.07, 6.45) is -0.0246. The summed E-state index contributed by atoms with van der Waals surface area (Å²) in [5.41, 5.74) is 2.78. The van der Waals surface area contributed by atoms with E-state index in [1.807, 2.05) is 17.5 Å². The molecule has 8 heteroatoms. The largest absolute Gasteiger partial charge is 0.493 e. The number of nitrogens with one attached hydrogen (secondary N) is 2. The number of rotatable bonds is 4. The number of aryl methyl sites for hydroxylation is 1. The van der Waals surface area contributed by atoms with Crippen molar-refractivity contribution in [2.24, 2.45) is 0 Å². The van der Waals surface area contributed by atoms with Gasteiger partial charge in [0.25, 0.3) is 0 Å². The number of hydrogen-bond acceptors (Lipinski definition) is 7. The van der Waals surface area contributed by atoms with E-state index in [0.29, 0.717) is 17.5 Å². The maximum Gasteiger partial charge on any atom is 0.244 e. The van der Waals surface area contributed by atoms with Crippen LogP contribution in [0.3, 0.4) is 0 Å². The molecular formula is C15H15N5O2S. The Balaban J connectivity index is 1.54. The molecule has 0 bridgehead atoms. The minimum atomic E-state index is -0.951. The fourth-order valence-corrected chi connectivity index (χ4v) is 3.30. The van der Waals surface area contributed by atoms with E-state index in [1.165, 1.54) is 16.9 Å². The van der Waals surface area contributed by atoms with Gasteiger partial charge in [-0.1, -0.05) is 0 Å². The molecule has 3 aromatic rings. The Hall–Kier alpha value is -2.45. The van der Waals surface area contributed by atoms with Crippen molar-refractivity contribution in [3.8, 4) is 16.3 Å². The van der Waals surface area contributed by atoms with Crippen molar-refractivity contribution in [3.05, 3.63) is 40.7 Å². The number of aromatic amines is 1. The molecule has 3 heterocycles. The molecule has 0 spiro atoms. The lowest BCUT2D eigenvalue weighted by Crippen LogP contribution is -2.11. The van der Waals surface area contributed by atoms with Crippen LogP contribution in [0.2, 0.25) is 0 Å². The standard InChI is InChI=1S/C15H15N5O2S/c1-8-16-15(20-19-8)18-13(21)11-7-23-14(17-11)10-2-3-12-9(6-10)4-5-22-12/h2-3,6-7,13,21H,4-5H2,1H3,(H2,16,18,19,20). The number of aliphatic hydroxyl groups is 1. The Morgan fingerprint density at radius 1 is 1.39 bits per heavy atom. The summed E-state index contributed by atoms with van der Waals surface area (Å²) in [6, 6.07) is 6.07. The number of H-pyrrole nitrogens is 1. The summed E-state index contributed by atoms with van der Waals surface area (Å²) >= 11 is 1.49. The highest BCUT2D eigenvalue weighted by Crippen LogP contribution is 2.32. The quantitative estimate of drug-likeness (QED) is 0.636. The molecule has 0 saturated carbocycles. The second kappa shape index (κ2) is 5.64. The first kappa shape index (κ1) is 14.2. The molecule has 7 nitrogen and oxygen atoms in total. The summed E-state index contributed by atoms with van der Waals surface area (Å²) in [7, 11) is 0. The third kappa shape index (κ3) is 2.78. The lowest BCUT2D eigenvalue weighted by Gasteiger charge is -2.07. The van der Waals surface area contributed by atoms with Crippen LogP contribution in [0.4, 0.5) is 5.95 Å². The Bertz CT molecular complexity index is 844. The molecule has 0 fully saturated rings. The lowest BCUT2D eigenvalue weighted by molar-refractivity contribution is 0.203. The fourth-order valence-electron chi connectivity index (χ4n) is 2.47. The molecule has 23 heavy (non-hydrogen) atoms. The van der Waals surface area contributed by atoms with Gasteiger partial charge >= 0.3 is 0 Å². The molecule has 1 aliphatic heterocycles.